The fourth-order valence-corrected chi connectivity index (χ4v) is 6.50. The number of ether oxygens (including phenoxy) is 1. The second-order valence-corrected chi connectivity index (χ2v) is 11.3. The largest absolute Gasteiger partial charge is 0.497 e. The van der Waals surface area contributed by atoms with Crippen LogP contribution < -0.4 is 15.0 Å². The topological polar surface area (TPSA) is 44.8 Å². The Morgan fingerprint density at radius 2 is 1.91 bits per heavy atom. The molecule has 7 heteroatoms. The van der Waals surface area contributed by atoms with E-state index in [1.165, 1.54) is 11.3 Å². The molecule has 0 saturated carbocycles. The molecule has 35 heavy (non-hydrogen) atoms. The molecule has 0 bridgehead atoms. The lowest BCUT2D eigenvalue weighted by molar-refractivity contribution is 0.0944. The fourth-order valence-electron chi connectivity index (χ4n) is 5.00. The van der Waals surface area contributed by atoms with Gasteiger partial charge in [0.05, 0.1) is 12.7 Å². The molecular weight excluding hydrogens is 474 g/mol. The molecule has 0 radical (unpaired) electrons. The van der Waals surface area contributed by atoms with E-state index in [1.807, 2.05) is 13.8 Å². The second-order valence-electron chi connectivity index (χ2n) is 9.47. The smallest absolute Gasteiger partial charge is 0.252 e. The molecule has 0 unspecified atom stereocenters. The van der Waals surface area contributed by atoms with E-state index in [0.29, 0.717) is 18.6 Å². The van der Waals surface area contributed by atoms with E-state index in [0.717, 1.165) is 60.7 Å². The molecule has 2 aromatic heterocycles. The van der Waals surface area contributed by atoms with Crippen molar-refractivity contribution in [2.75, 3.05) is 31.6 Å². The molecule has 1 fully saturated rings. The summed E-state index contributed by atoms with van der Waals surface area (Å²) in [5.41, 5.74) is 4.55. The number of anilines is 1. The number of carbonyl (C=O) groups is 1. The number of nitrogens with one attached hydrogen (secondary N) is 1. The van der Waals surface area contributed by atoms with Crippen molar-refractivity contribution in [1.82, 2.24) is 10.2 Å². The van der Waals surface area contributed by atoms with Gasteiger partial charge in [-0.15, -0.1) is 11.3 Å². The maximum Gasteiger partial charge on any atom is 0.252 e. The Hall–Kier alpha value is -2.35. The summed E-state index contributed by atoms with van der Waals surface area (Å²) in [6.45, 7) is 10.1. The highest BCUT2D eigenvalue weighted by Crippen LogP contribution is 2.29. The minimum Gasteiger partial charge on any atom is -0.497 e. The standard InChI is InChI=1S/C28H37N3O2S2/c1-20-18-35-22(3)27(20)28(32)29-13-9-21(2)30-14-10-25(11-15-30)31(17-23-12-16-34-19-23)24-5-7-26(33-4)8-6-24/h5-8,12,16,18-19,21,25H,9-11,13-15,17H2,1-4H3,(H,29,32)/t21-/m1/s1. The third-order valence-electron chi connectivity index (χ3n) is 7.13. The minimum absolute atomic E-state index is 0.0655. The molecule has 5 nitrogen and oxygen atoms in total. The molecule has 4 rings (SSSR count). The first-order valence-corrected chi connectivity index (χ1v) is 14.3. The van der Waals surface area contributed by atoms with Crippen LogP contribution in [0.1, 0.15) is 52.5 Å². The molecule has 1 aliphatic heterocycles. The summed E-state index contributed by atoms with van der Waals surface area (Å²) in [7, 11) is 1.71. The first kappa shape index (κ1) is 25.7. The van der Waals surface area contributed by atoms with Crippen LogP contribution in [0.2, 0.25) is 0 Å². The number of rotatable bonds is 10. The van der Waals surface area contributed by atoms with Gasteiger partial charge in [0.1, 0.15) is 5.75 Å². The van der Waals surface area contributed by atoms with E-state index in [9.17, 15) is 4.79 Å². The van der Waals surface area contributed by atoms with Crippen molar-refractivity contribution in [3.05, 3.63) is 68.0 Å². The van der Waals surface area contributed by atoms with Crippen molar-refractivity contribution in [2.24, 2.45) is 0 Å². The van der Waals surface area contributed by atoms with Crippen molar-refractivity contribution in [1.29, 1.82) is 0 Å². The summed E-state index contributed by atoms with van der Waals surface area (Å²) in [5.74, 6) is 0.958. The fraction of sp³-hybridized carbons (Fsp3) is 0.464. The number of aryl methyl sites for hydroxylation is 2. The van der Waals surface area contributed by atoms with Gasteiger partial charge in [-0.25, -0.2) is 0 Å². The van der Waals surface area contributed by atoms with E-state index in [2.05, 4.69) is 68.5 Å². The van der Waals surface area contributed by atoms with Crippen LogP contribution in [-0.2, 0) is 6.54 Å². The second kappa shape index (κ2) is 12.1. The molecule has 3 heterocycles. The van der Waals surface area contributed by atoms with Gasteiger partial charge in [0.2, 0.25) is 0 Å². The number of hydrogen-bond acceptors (Lipinski definition) is 6. The monoisotopic (exact) mass is 511 g/mol. The Morgan fingerprint density at radius 3 is 2.51 bits per heavy atom. The highest BCUT2D eigenvalue weighted by Gasteiger charge is 2.27. The minimum atomic E-state index is 0.0655. The van der Waals surface area contributed by atoms with Gasteiger partial charge in [-0.2, -0.15) is 11.3 Å². The number of amides is 1. The third kappa shape index (κ3) is 6.46. The zero-order valence-electron chi connectivity index (χ0n) is 21.3. The molecule has 1 amide bonds. The molecule has 1 saturated heterocycles. The lowest BCUT2D eigenvalue weighted by Gasteiger charge is -2.42. The average Bonchev–Trinajstić information content (AvgIpc) is 3.51. The van der Waals surface area contributed by atoms with Crippen molar-refractivity contribution in [3.8, 4) is 5.75 Å². The number of carbonyl (C=O) groups excluding carboxylic acids is 1. The maximum absolute atomic E-state index is 12.6. The predicted octanol–water partition coefficient (Wildman–Crippen LogP) is 6.11. The molecule has 1 aliphatic rings. The van der Waals surface area contributed by atoms with Gasteiger partial charge in [-0.1, -0.05) is 0 Å². The van der Waals surface area contributed by atoms with Crippen molar-refractivity contribution >= 4 is 34.3 Å². The van der Waals surface area contributed by atoms with Crippen LogP contribution in [0.3, 0.4) is 0 Å². The van der Waals surface area contributed by atoms with E-state index in [4.69, 9.17) is 4.74 Å². The summed E-state index contributed by atoms with van der Waals surface area (Å²) in [4.78, 5) is 18.8. The highest BCUT2D eigenvalue weighted by atomic mass is 32.1. The van der Waals surface area contributed by atoms with Crippen LogP contribution in [0, 0.1) is 13.8 Å². The number of likely N-dealkylation sites (tertiary alicyclic amines) is 1. The number of hydrogen-bond donors (Lipinski definition) is 1. The van der Waals surface area contributed by atoms with Gasteiger partial charge >= 0.3 is 0 Å². The lowest BCUT2D eigenvalue weighted by atomic mass is 9.99. The van der Waals surface area contributed by atoms with E-state index >= 15 is 0 Å². The molecule has 1 atom stereocenters. The number of nitrogens with zero attached hydrogens (tertiary/aromatic N) is 2. The van der Waals surface area contributed by atoms with E-state index in [1.54, 1.807) is 29.8 Å². The molecule has 188 valence electrons. The maximum atomic E-state index is 12.6. The predicted molar refractivity (Wildman–Crippen MR) is 148 cm³/mol. The van der Waals surface area contributed by atoms with Gasteiger partial charge in [-0.05, 0) is 97.6 Å². The summed E-state index contributed by atoms with van der Waals surface area (Å²) in [5, 5.41) is 9.61. The van der Waals surface area contributed by atoms with Crippen molar-refractivity contribution in [2.45, 2.75) is 58.7 Å². The first-order chi connectivity index (χ1) is 17.0. The van der Waals surface area contributed by atoms with Crippen LogP contribution >= 0.6 is 22.7 Å². The van der Waals surface area contributed by atoms with Crippen LogP contribution in [0.5, 0.6) is 5.75 Å². The zero-order chi connectivity index (χ0) is 24.8. The van der Waals surface area contributed by atoms with Crippen LogP contribution in [0.15, 0.2) is 46.5 Å². The van der Waals surface area contributed by atoms with Gasteiger partial charge in [0, 0.05) is 48.8 Å². The molecule has 3 aromatic rings. The average molecular weight is 512 g/mol. The molecular formula is C28H37N3O2S2. The van der Waals surface area contributed by atoms with Crippen LogP contribution in [0.4, 0.5) is 5.69 Å². The van der Waals surface area contributed by atoms with Gasteiger partial charge in [0.15, 0.2) is 0 Å². The third-order valence-corrected chi connectivity index (χ3v) is 8.90. The normalized spacial score (nSPS) is 15.7. The number of thiophene rings is 2. The Balaban J connectivity index is 1.30. The van der Waals surface area contributed by atoms with Crippen LogP contribution in [0.25, 0.3) is 0 Å². The van der Waals surface area contributed by atoms with Gasteiger partial charge in [0.25, 0.3) is 5.91 Å². The highest BCUT2D eigenvalue weighted by molar-refractivity contribution is 7.10. The summed E-state index contributed by atoms with van der Waals surface area (Å²) in [6, 6.07) is 11.7. The van der Waals surface area contributed by atoms with Gasteiger partial charge < -0.3 is 19.9 Å². The Bertz CT molecular complexity index is 1050. The molecule has 1 N–H and O–H groups in total. The SMILES string of the molecule is COc1ccc(N(Cc2ccsc2)C2CCN([C@H](C)CCNC(=O)c3c(C)csc3C)CC2)cc1. The number of benzene rings is 1. The van der Waals surface area contributed by atoms with E-state index in [-0.39, 0.29) is 5.91 Å². The molecule has 1 aromatic carbocycles. The van der Waals surface area contributed by atoms with Gasteiger partial charge in [-0.3, -0.25) is 4.79 Å². The van der Waals surface area contributed by atoms with Crippen LogP contribution in [-0.4, -0.2) is 49.6 Å². The molecule has 0 aliphatic carbocycles. The van der Waals surface area contributed by atoms with Crippen molar-refractivity contribution in [3.63, 3.8) is 0 Å². The van der Waals surface area contributed by atoms with E-state index < -0.39 is 0 Å². The Morgan fingerprint density at radius 1 is 1.17 bits per heavy atom. The Kier molecular flexibility index (Phi) is 8.87. The summed E-state index contributed by atoms with van der Waals surface area (Å²) in [6.07, 6.45) is 3.25. The molecule has 0 spiro atoms. The summed E-state index contributed by atoms with van der Waals surface area (Å²) >= 11 is 3.41. The number of piperidine rings is 1. The first-order valence-electron chi connectivity index (χ1n) is 12.4. The summed E-state index contributed by atoms with van der Waals surface area (Å²) < 4.78 is 5.37. The van der Waals surface area contributed by atoms with Crippen molar-refractivity contribution < 1.29 is 9.53 Å². The Labute approximate surface area is 217 Å². The number of methoxy groups -OCH3 is 1. The quantitative estimate of drug-likeness (QED) is 0.356. The lowest BCUT2D eigenvalue weighted by Crippen LogP contribution is -2.48. The zero-order valence-corrected chi connectivity index (χ0v) is 22.9.